The Morgan fingerprint density at radius 1 is 1.20 bits per heavy atom. The molecule has 20 heavy (non-hydrogen) atoms. The average Bonchev–Trinajstić information content (AvgIpc) is 2.40. The second kappa shape index (κ2) is 6.73. The Kier molecular flexibility index (Phi) is 5.22. The van der Waals surface area contributed by atoms with Crippen molar-refractivity contribution in [1.82, 2.24) is 0 Å². The van der Waals surface area contributed by atoms with Crippen LogP contribution in [0.25, 0.3) is 0 Å². The maximum atomic E-state index is 10.3. The second-order valence-corrected chi connectivity index (χ2v) is 6.60. The van der Waals surface area contributed by atoms with Crippen molar-refractivity contribution in [2.75, 3.05) is 6.61 Å². The first-order chi connectivity index (χ1) is 9.47. The highest BCUT2D eigenvalue weighted by molar-refractivity contribution is 5.31. The fourth-order valence-electron chi connectivity index (χ4n) is 3.17. The van der Waals surface area contributed by atoms with Crippen LogP contribution in [-0.2, 0) is 4.74 Å². The number of aryl methyl sites for hydroxylation is 2. The lowest BCUT2D eigenvalue weighted by molar-refractivity contribution is -0.0398. The summed E-state index contributed by atoms with van der Waals surface area (Å²) in [6, 6.07) is 6.18. The quantitative estimate of drug-likeness (QED) is 0.894. The van der Waals surface area contributed by atoms with E-state index in [0.29, 0.717) is 12.7 Å². The summed E-state index contributed by atoms with van der Waals surface area (Å²) >= 11 is 0. The van der Waals surface area contributed by atoms with E-state index >= 15 is 0 Å². The predicted molar refractivity (Wildman–Crippen MR) is 82.8 cm³/mol. The van der Waals surface area contributed by atoms with Crippen molar-refractivity contribution in [3.8, 4) is 0 Å². The van der Waals surface area contributed by atoms with Gasteiger partial charge >= 0.3 is 0 Å². The van der Waals surface area contributed by atoms with Crippen LogP contribution in [0.1, 0.15) is 55.9 Å². The summed E-state index contributed by atoms with van der Waals surface area (Å²) in [5, 5.41) is 10.3. The first kappa shape index (κ1) is 15.5. The van der Waals surface area contributed by atoms with Crippen molar-refractivity contribution in [1.29, 1.82) is 0 Å². The molecular formula is C18H28O2. The van der Waals surface area contributed by atoms with Crippen LogP contribution >= 0.6 is 0 Å². The SMILES string of the molecule is Cc1ccc(C(O)COC2CCC(C)C(C)C2)c(C)c1. The van der Waals surface area contributed by atoms with E-state index in [9.17, 15) is 5.11 Å². The maximum Gasteiger partial charge on any atom is 0.103 e. The molecule has 0 saturated heterocycles. The van der Waals surface area contributed by atoms with Gasteiger partial charge in [0.1, 0.15) is 6.10 Å². The molecule has 4 atom stereocenters. The highest BCUT2D eigenvalue weighted by atomic mass is 16.5. The predicted octanol–water partition coefficient (Wildman–Crippen LogP) is 4.18. The third-order valence-corrected chi connectivity index (χ3v) is 4.82. The van der Waals surface area contributed by atoms with Crippen molar-refractivity contribution < 1.29 is 9.84 Å². The summed E-state index contributed by atoms with van der Waals surface area (Å²) < 4.78 is 5.95. The van der Waals surface area contributed by atoms with E-state index < -0.39 is 6.10 Å². The van der Waals surface area contributed by atoms with Crippen LogP contribution in [0.3, 0.4) is 0 Å². The Morgan fingerprint density at radius 2 is 1.95 bits per heavy atom. The van der Waals surface area contributed by atoms with Crippen molar-refractivity contribution in [3.05, 3.63) is 34.9 Å². The first-order valence-electron chi connectivity index (χ1n) is 7.84. The Balaban J connectivity index is 1.87. The molecular weight excluding hydrogens is 248 g/mol. The van der Waals surface area contributed by atoms with Crippen LogP contribution < -0.4 is 0 Å². The van der Waals surface area contributed by atoms with Crippen LogP contribution in [0.5, 0.6) is 0 Å². The van der Waals surface area contributed by atoms with Crippen molar-refractivity contribution in [2.24, 2.45) is 11.8 Å². The van der Waals surface area contributed by atoms with Gasteiger partial charge in [-0.25, -0.2) is 0 Å². The lowest BCUT2D eigenvalue weighted by atomic mass is 9.80. The van der Waals surface area contributed by atoms with E-state index in [2.05, 4.69) is 39.8 Å². The average molecular weight is 276 g/mol. The molecule has 0 bridgehead atoms. The lowest BCUT2D eigenvalue weighted by Crippen LogP contribution is -2.28. The summed E-state index contributed by atoms with van der Waals surface area (Å²) in [5.41, 5.74) is 3.37. The molecule has 1 aromatic carbocycles. The third kappa shape index (κ3) is 3.83. The minimum absolute atomic E-state index is 0.321. The molecule has 0 radical (unpaired) electrons. The summed E-state index contributed by atoms with van der Waals surface area (Å²) in [6.07, 6.45) is 3.31. The molecule has 0 heterocycles. The van der Waals surface area contributed by atoms with Crippen LogP contribution in [0.15, 0.2) is 18.2 Å². The van der Waals surface area contributed by atoms with Gasteiger partial charge in [-0.3, -0.25) is 0 Å². The molecule has 1 aliphatic rings. The van der Waals surface area contributed by atoms with Crippen molar-refractivity contribution in [2.45, 2.75) is 59.2 Å². The minimum Gasteiger partial charge on any atom is -0.386 e. The number of hydrogen-bond donors (Lipinski definition) is 1. The van der Waals surface area contributed by atoms with Gasteiger partial charge in [0.2, 0.25) is 0 Å². The molecule has 0 spiro atoms. The van der Waals surface area contributed by atoms with E-state index in [1.807, 2.05) is 6.07 Å². The number of rotatable bonds is 4. The summed E-state index contributed by atoms with van der Waals surface area (Å²) in [7, 11) is 0. The van der Waals surface area contributed by atoms with E-state index in [-0.39, 0.29) is 0 Å². The third-order valence-electron chi connectivity index (χ3n) is 4.82. The molecule has 112 valence electrons. The maximum absolute atomic E-state index is 10.3. The summed E-state index contributed by atoms with van der Waals surface area (Å²) in [5.74, 6) is 1.53. The zero-order valence-corrected chi connectivity index (χ0v) is 13.2. The monoisotopic (exact) mass is 276 g/mol. The van der Waals surface area contributed by atoms with Crippen LogP contribution in [0, 0.1) is 25.7 Å². The second-order valence-electron chi connectivity index (χ2n) is 6.60. The molecule has 1 saturated carbocycles. The molecule has 1 aromatic rings. The van der Waals surface area contributed by atoms with Gasteiger partial charge in [0.25, 0.3) is 0 Å². The number of benzene rings is 1. The molecule has 2 rings (SSSR count). The van der Waals surface area contributed by atoms with Gasteiger partial charge in [0.15, 0.2) is 0 Å². The van der Waals surface area contributed by atoms with Crippen LogP contribution in [-0.4, -0.2) is 17.8 Å². The molecule has 4 unspecified atom stereocenters. The molecule has 0 aromatic heterocycles. The fourth-order valence-corrected chi connectivity index (χ4v) is 3.17. The number of ether oxygens (including phenoxy) is 1. The largest absolute Gasteiger partial charge is 0.386 e. The van der Waals surface area contributed by atoms with Gasteiger partial charge in [-0.05, 0) is 56.1 Å². The first-order valence-corrected chi connectivity index (χ1v) is 7.84. The Labute approximate surface area is 123 Å². The van der Waals surface area contributed by atoms with Crippen molar-refractivity contribution >= 4 is 0 Å². The Morgan fingerprint density at radius 3 is 2.60 bits per heavy atom. The van der Waals surface area contributed by atoms with E-state index in [1.54, 1.807) is 0 Å². The van der Waals surface area contributed by atoms with Gasteiger partial charge in [-0.15, -0.1) is 0 Å². The zero-order chi connectivity index (χ0) is 14.7. The normalized spacial score (nSPS) is 28.4. The summed E-state index contributed by atoms with van der Waals surface area (Å²) in [4.78, 5) is 0. The molecule has 2 nitrogen and oxygen atoms in total. The smallest absolute Gasteiger partial charge is 0.103 e. The topological polar surface area (TPSA) is 29.5 Å². The highest BCUT2D eigenvalue weighted by Gasteiger charge is 2.25. The number of aliphatic hydroxyl groups excluding tert-OH is 1. The molecule has 1 N–H and O–H groups in total. The number of aliphatic hydroxyl groups is 1. The van der Waals surface area contributed by atoms with Gasteiger partial charge in [-0.1, -0.05) is 37.6 Å². The standard InChI is InChI=1S/C18H28O2/c1-12-5-8-17(15(4)9-12)18(19)11-20-16-7-6-13(2)14(3)10-16/h5,8-9,13-14,16,18-19H,6-7,10-11H2,1-4H3. The Hall–Kier alpha value is -0.860. The van der Waals surface area contributed by atoms with Gasteiger partial charge in [0.05, 0.1) is 12.7 Å². The molecule has 0 amide bonds. The summed E-state index contributed by atoms with van der Waals surface area (Å²) in [6.45, 7) is 9.17. The zero-order valence-electron chi connectivity index (χ0n) is 13.2. The van der Waals surface area contributed by atoms with Gasteiger partial charge < -0.3 is 9.84 Å². The molecule has 1 fully saturated rings. The molecule has 0 aliphatic heterocycles. The Bertz CT molecular complexity index is 441. The number of hydrogen-bond acceptors (Lipinski definition) is 2. The lowest BCUT2D eigenvalue weighted by Gasteiger charge is -2.32. The molecule has 2 heteroatoms. The van der Waals surface area contributed by atoms with E-state index in [0.717, 1.165) is 35.8 Å². The highest BCUT2D eigenvalue weighted by Crippen LogP contribution is 2.31. The van der Waals surface area contributed by atoms with Crippen molar-refractivity contribution in [3.63, 3.8) is 0 Å². The van der Waals surface area contributed by atoms with Gasteiger partial charge in [-0.2, -0.15) is 0 Å². The minimum atomic E-state index is -0.509. The van der Waals surface area contributed by atoms with E-state index in [1.165, 1.54) is 12.0 Å². The fraction of sp³-hybridized carbons (Fsp3) is 0.667. The van der Waals surface area contributed by atoms with Gasteiger partial charge in [0, 0.05) is 0 Å². The van der Waals surface area contributed by atoms with Crippen LogP contribution in [0.4, 0.5) is 0 Å². The van der Waals surface area contributed by atoms with Crippen LogP contribution in [0.2, 0.25) is 0 Å². The van der Waals surface area contributed by atoms with E-state index in [4.69, 9.17) is 4.74 Å². The molecule has 1 aliphatic carbocycles.